The number of aromatic nitrogens is 2. The molecule has 3 atom stereocenters. The van der Waals surface area contributed by atoms with E-state index in [1.807, 2.05) is 29.1 Å². The number of carbonyl (C=O) groups excluding carboxylic acids is 1. The minimum atomic E-state index is 0.150. The Morgan fingerprint density at radius 1 is 1.04 bits per heavy atom. The van der Waals surface area contributed by atoms with Crippen LogP contribution in [0.5, 0.6) is 0 Å². The first-order valence-corrected chi connectivity index (χ1v) is 10.5. The van der Waals surface area contributed by atoms with Gasteiger partial charge in [0, 0.05) is 11.8 Å². The van der Waals surface area contributed by atoms with Crippen molar-refractivity contribution in [1.29, 1.82) is 0 Å². The quantitative estimate of drug-likeness (QED) is 0.675. The molecule has 3 aliphatic carbocycles. The number of hydrogen-bond acceptors (Lipinski definition) is 3. The van der Waals surface area contributed by atoms with Crippen LogP contribution in [0.25, 0.3) is 5.69 Å². The zero-order chi connectivity index (χ0) is 18.5. The van der Waals surface area contributed by atoms with E-state index in [1.165, 1.54) is 18.4 Å². The normalized spacial score (nSPS) is 27.3. The molecular weight excluding hydrogens is 383 g/mol. The van der Waals surface area contributed by atoms with Crippen LogP contribution in [0.4, 0.5) is 0 Å². The SMILES string of the molecule is O=C1[C@@H]2CC[C@H]1C[C@@H](OCc1c(C3CC3)cnn1-c1c(Cl)cccc1Cl)C2. The van der Waals surface area contributed by atoms with Crippen LogP contribution in [0.2, 0.25) is 10.0 Å². The number of Topliss-reactive ketones (excluding diaryl/α,β-unsaturated/α-hetero) is 1. The standard InChI is InChI=1S/C21H22Cl2N2O2/c22-17-2-1-3-18(23)20(17)25-19(16(10-24-25)12-4-5-12)11-27-15-8-13-6-7-14(9-15)21(13)26/h1-3,10,12-15H,4-9,11H2/t13-,14+,15+. The van der Waals surface area contributed by atoms with Crippen molar-refractivity contribution in [2.75, 3.05) is 0 Å². The first kappa shape index (κ1) is 17.7. The Hall–Kier alpha value is -1.36. The number of fused-ring (bicyclic) bond motifs is 2. The Kier molecular flexibility index (Phi) is 4.53. The van der Waals surface area contributed by atoms with Gasteiger partial charge in [0.25, 0.3) is 0 Å². The van der Waals surface area contributed by atoms with Crippen molar-refractivity contribution in [3.05, 3.63) is 45.7 Å². The van der Waals surface area contributed by atoms with E-state index >= 15 is 0 Å². The van der Waals surface area contributed by atoms with Gasteiger partial charge in [-0.3, -0.25) is 4.79 Å². The maximum absolute atomic E-state index is 12.1. The maximum atomic E-state index is 12.1. The summed E-state index contributed by atoms with van der Waals surface area (Å²) in [4.78, 5) is 12.1. The van der Waals surface area contributed by atoms with E-state index in [-0.39, 0.29) is 17.9 Å². The van der Waals surface area contributed by atoms with Crippen LogP contribution in [0.3, 0.4) is 0 Å². The molecule has 0 aliphatic heterocycles. The highest BCUT2D eigenvalue weighted by Gasteiger charge is 2.42. The summed E-state index contributed by atoms with van der Waals surface area (Å²) in [5, 5.41) is 5.76. The summed E-state index contributed by atoms with van der Waals surface area (Å²) in [5.74, 6) is 1.43. The molecule has 27 heavy (non-hydrogen) atoms. The molecule has 5 rings (SSSR count). The Labute approximate surface area is 168 Å². The molecule has 3 saturated carbocycles. The Balaban J connectivity index is 1.42. The van der Waals surface area contributed by atoms with Gasteiger partial charge in [0.1, 0.15) is 11.5 Å². The van der Waals surface area contributed by atoms with Gasteiger partial charge in [-0.15, -0.1) is 0 Å². The second-order valence-corrected chi connectivity index (χ2v) is 8.90. The van der Waals surface area contributed by atoms with Crippen molar-refractivity contribution in [1.82, 2.24) is 9.78 Å². The van der Waals surface area contributed by atoms with Crippen LogP contribution in [0.1, 0.15) is 55.7 Å². The fraction of sp³-hybridized carbons (Fsp3) is 0.524. The van der Waals surface area contributed by atoms with Crippen molar-refractivity contribution in [2.45, 2.75) is 57.2 Å². The van der Waals surface area contributed by atoms with Crippen LogP contribution >= 0.6 is 23.2 Å². The van der Waals surface area contributed by atoms with Gasteiger partial charge in [0.15, 0.2) is 0 Å². The molecule has 4 nitrogen and oxygen atoms in total. The van der Waals surface area contributed by atoms with E-state index in [9.17, 15) is 4.79 Å². The van der Waals surface area contributed by atoms with E-state index in [0.717, 1.165) is 31.4 Å². The Morgan fingerprint density at radius 3 is 2.30 bits per heavy atom. The van der Waals surface area contributed by atoms with Gasteiger partial charge in [0.2, 0.25) is 0 Å². The van der Waals surface area contributed by atoms with E-state index < -0.39 is 0 Å². The predicted octanol–water partition coefficient (Wildman–Crippen LogP) is 5.33. The molecule has 3 fully saturated rings. The van der Waals surface area contributed by atoms with Crippen LogP contribution in [0, 0.1) is 11.8 Å². The number of para-hydroxylation sites is 1. The molecule has 2 bridgehead atoms. The first-order chi connectivity index (χ1) is 13.1. The minimum Gasteiger partial charge on any atom is -0.372 e. The number of halogens is 2. The largest absolute Gasteiger partial charge is 0.372 e. The summed E-state index contributed by atoms with van der Waals surface area (Å²) >= 11 is 12.9. The molecule has 1 heterocycles. The number of carbonyl (C=O) groups is 1. The van der Waals surface area contributed by atoms with E-state index in [1.54, 1.807) is 0 Å². The van der Waals surface area contributed by atoms with Crippen molar-refractivity contribution in [3.63, 3.8) is 0 Å². The highest BCUT2D eigenvalue weighted by molar-refractivity contribution is 6.37. The Morgan fingerprint density at radius 2 is 1.67 bits per heavy atom. The molecule has 142 valence electrons. The maximum Gasteiger partial charge on any atom is 0.139 e. The number of ether oxygens (including phenoxy) is 1. The predicted molar refractivity (Wildman–Crippen MR) is 105 cm³/mol. The van der Waals surface area contributed by atoms with Gasteiger partial charge in [-0.25, -0.2) is 4.68 Å². The van der Waals surface area contributed by atoms with Crippen LogP contribution in [-0.4, -0.2) is 21.7 Å². The highest BCUT2D eigenvalue weighted by Crippen LogP contribution is 2.44. The summed E-state index contributed by atoms with van der Waals surface area (Å²) in [7, 11) is 0. The molecule has 1 aromatic carbocycles. The van der Waals surface area contributed by atoms with Crippen molar-refractivity contribution < 1.29 is 9.53 Å². The van der Waals surface area contributed by atoms with Crippen molar-refractivity contribution >= 4 is 29.0 Å². The molecule has 0 amide bonds. The lowest BCUT2D eigenvalue weighted by Crippen LogP contribution is -2.31. The molecule has 0 radical (unpaired) electrons. The lowest BCUT2D eigenvalue weighted by Gasteiger charge is -2.27. The zero-order valence-electron chi connectivity index (χ0n) is 15.0. The summed E-state index contributed by atoms with van der Waals surface area (Å²) < 4.78 is 8.17. The Bertz CT molecular complexity index is 854. The smallest absolute Gasteiger partial charge is 0.139 e. The van der Waals surface area contributed by atoms with Gasteiger partial charge in [0.05, 0.1) is 34.6 Å². The monoisotopic (exact) mass is 404 g/mol. The molecule has 0 N–H and O–H groups in total. The first-order valence-electron chi connectivity index (χ1n) is 9.78. The van der Waals surface area contributed by atoms with Gasteiger partial charge in [-0.05, 0) is 62.1 Å². The molecule has 0 unspecified atom stereocenters. The van der Waals surface area contributed by atoms with Gasteiger partial charge in [-0.2, -0.15) is 5.10 Å². The lowest BCUT2D eigenvalue weighted by atomic mass is 9.86. The molecular formula is C21H22Cl2N2O2. The van der Waals surface area contributed by atoms with Crippen LogP contribution in [0.15, 0.2) is 24.4 Å². The molecule has 0 spiro atoms. The summed E-state index contributed by atoms with van der Waals surface area (Å²) in [5.41, 5.74) is 2.99. The second-order valence-electron chi connectivity index (χ2n) is 8.08. The van der Waals surface area contributed by atoms with Crippen LogP contribution < -0.4 is 0 Å². The fourth-order valence-electron chi connectivity index (χ4n) is 4.70. The molecule has 0 saturated heterocycles. The third-order valence-electron chi connectivity index (χ3n) is 6.29. The lowest BCUT2D eigenvalue weighted by molar-refractivity contribution is -0.130. The molecule has 1 aromatic heterocycles. The number of benzene rings is 1. The third-order valence-corrected chi connectivity index (χ3v) is 6.90. The summed E-state index contributed by atoms with van der Waals surface area (Å²) in [6.45, 7) is 0.478. The van der Waals surface area contributed by atoms with Crippen molar-refractivity contribution in [2.24, 2.45) is 11.8 Å². The third kappa shape index (κ3) is 3.22. The molecule has 3 aliphatic rings. The highest BCUT2D eigenvalue weighted by atomic mass is 35.5. The average Bonchev–Trinajstić information content (AvgIpc) is 3.38. The number of hydrogen-bond donors (Lipinski definition) is 0. The fourth-order valence-corrected chi connectivity index (χ4v) is 5.26. The number of rotatable bonds is 5. The average molecular weight is 405 g/mol. The molecule has 6 heteroatoms. The summed E-state index contributed by atoms with van der Waals surface area (Å²) in [6.07, 6.45) is 8.24. The second kappa shape index (κ2) is 6.91. The molecule has 2 aromatic rings. The topological polar surface area (TPSA) is 44.1 Å². The number of ketones is 1. The van der Waals surface area contributed by atoms with Crippen molar-refractivity contribution in [3.8, 4) is 5.69 Å². The summed E-state index contributed by atoms with van der Waals surface area (Å²) in [6, 6.07) is 5.50. The number of nitrogens with zero attached hydrogens (tertiary/aromatic N) is 2. The minimum absolute atomic E-state index is 0.150. The van der Waals surface area contributed by atoms with E-state index in [2.05, 4.69) is 5.10 Å². The van der Waals surface area contributed by atoms with E-state index in [0.29, 0.717) is 34.0 Å². The van der Waals surface area contributed by atoms with E-state index in [4.69, 9.17) is 27.9 Å². The van der Waals surface area contributed by atoms with Crippen LogP contribution in [-0.2, 0) is 16.1 Å². The van der Waals surface area contributed by atoms with Gasteiger partial charge >= 0.3 is 0 Å². The van der Waals surface area contributed by atoms with Gasteiger partial charge in [-0.1, -0.05) is 29.3 Å². The zero-order valence-corrected chi connectivity index (χ0v) is 16.5. The van der Waals surface area contributed by atoms with Gasteiger partial charge < -0.3 is 4.74 Å².